The Balaban J connectivity index is 2.06. The average Bonchev–Trinajstić information content (AvgIpc) is 2.93. The van der Waals surface area contributed by atoms with Crippen molar-refractivity contribution in [1.29, 1.82) is 0 Å². The predicted molar refractivity (Wildman–Crippen MR) is 124 cm³/mol. The summed E-state index contributed by atoms with van der Waals surface area (Å²) < 4.78 is 5.51. The van der Waals surface area contributed by atoms with Crippen molar-refractivity contribution in [2.45, 2.75) is 64.3 Å². The molecule has 2 rings (SSSR count). The van der Waals surface area contributed by atoms with E-state index in [2.05, 4.69) is 36.8 Å². The quantitative estimate of drug-likeness (QED) is 0.344. The first-order chi connectivity index (χ1) is 15.1. The van der Waals surface area contributed by atoms with E-state index in [-0.39, 0.29) is 23.3 Å². The van der Waals surface area contributed by atoms with Crippen molar-refractivity contribution in [2.75, 3.05) is 20.1 Å². The van der Waals surface area contributed by atoms with Gasteiger partial charge < -0.3 is 20.1 Å². The molecule has 32 heavy (non-hydrogen) atoms. The molecular weight excluding hydrogens is 408 g/mol. The summed E-state index contributed by atoms with van der Waals surface area (Å²) in [7, 11) is 2.14. The first kappa shape index (κ1) is 25.6. The summed E-state index contributed by atoms with van der Waals surface area (Å²) in [6, 6.07) is 6.58. The van der Waals surface area contributed by atoms with Crippen molar-refractivity contribution in [3.8, 4) is 5.75 Å². The number of carboxylic acids is 1. The minimum absolute atomic E-state index is 0.00720. The van der Waals surface area contributed by atoms with Gasteiger partial charge in [0.1, 0.15) is 11.8 Å². The topological polar surface area (TPSA) is 95.9 Å². The number of aliphatic carboxylic acids is 1. The zero-order valence-electron chi connectivity index (χ0n) is 19.6. The van der Waals surface area contributed by atoms with E-state index in [0.29, 0.717) is 5.75 Å². The molecule has 0 saturated carbocycles. The number of nitrogens with one attached hydrogen (secondary N) is 1. The molecular formula is C25H36N2O5. The molecule has 1 aromatic carbocycles. The Kier molecular flexibility index (Phi) is 9.01. The number of hydrogen-bond donors (Lipinski definition) is 2. The van der Waals surface area contributed by atoms with Gasteiger partial charge in [0.05, 0.1) is 6.42 Å². The second-order valence-electron chi connectivity index (χ2n) is 9.15. The molecule has 1 aromatic rings. The lowest BCUT2D eigenvalue weighted by Gasteiger charge is -2.35. The molecule has 1 heterocycles. The summed E-state index contributed by atoms with van der Waals surface area (Å²) >= 11 is 0. The fourth-order valence-corrected chi connectivity index (χ4v) is 4.32. The number of likely N-dealkylation sites (tertiary alicyclic amines) is 1. The fourth-order valence-electron chi connectivity index (χ4n) is 4.32. The van der Waals surface area contributed by atoms with E-state index in [0.717, 1.165) is 37.9 Å². The number of nitrogens with zero attached hydrogens (tertiary/aromatic N) is 1. The molecule has 0 spiro atoms. The van der Waals surface area contributed by atoms with Crippen molar-refractivity contribution in [3.63, 3.8) is 0 Å². The molecule has 1 unspecified atom stereocenters. The number of rotatable bonds is 9. The van der Waals surface area contributed by atoms with Crippen LogP contribution in [0.3, 0.4) is 0 Å². The normalized spacial score (nSPS) is 20.3. The molecule has 0 aliphatic carbocycles. The maximum absolute atomic E-state index is 12.5. The first-order valence-electron chi connectivity index (χ1n) is 11.3. The third-order valence-electron chi connectivity index (χ3n) is 6.26. The number of esters is 1. The van der Waals surface area contributed by atoms with Gasteiger partial charge in [-0.1, -0.05) is 45.9 Å². The van der Waals surface area contributed by atoms with Crippen molar-refractivity contribution in [3.05, 3.63) is 42.0 Å². The molecule has 1 aliphatic rings. The zero-order chi connectivity index (χ0) is 23.9. The van der Waals surface area contributed by atoms with Crippen LogP contribution in [0, 0.1) is 5.92 Å². The largest absolute Gasteiger partial charge is 0.480 e. The molecule has 1 aliphatic heterocycles. The lowest BCUT2D eigenvalue weighted by molar-refractivity contribution is -0.143. The van der Waals surface area contributed by atoms with E-state index in [1.165, 1.54) is 6.42 Å². The number of carbonyl (C=O) groups excluding carboxylic acids is 2. The Morgan fingerprint density at radius 2 is 2.00 bits per heavy atom. The summed E-state index contributed by atoms with van der Waals surface area (Å²) in [6.45, 7) is 11.3. The molecule has 2 atom stereocenters. The van der Waals surface area contributed by atoms with Crippen molar-refractivity contribution in [1.82, 2.24) is 10.2 Å². The number of benzene rings is 1. The van der Waals surface area contributed by atoms with Crippen molar-refractivity contribution < 1.29 is 24.2 Å². The molecule has 0 aromatic heterocycles. The lowest BCUT2D eigenvalue weighted by Crippen LogP contribution is -2.44. The molecule has 176 valence electrons. The highest BCUT2D eigenvalue weighted by molar-refractivity contribution is 5.96. The van der Waals surface area contributed by atoms with E-state index in [1.807, 2.05) is 12.1 Å². The summed E-state index contributed by atoms with van der Waals surface area (Å²) in [6.07, 6.45) is 4.08. The van der Waals surface area contributed by atoms with Gasteiger partial charge in [0.25, 0.3) is 0 Å². The standard InChI is InChI=1S/C25H36N2O5/c1-6-25(12-7-8-13-27(5)16-25)19-10-9-11-20(15-19)32-24(31)18(4)14-21(28)26-22(17(2)3)23(29)30/h9-11,15,17,22H,4,6-8,12-14,16H2,1-3,5H3,(H,26,28)(H,29,30)/t22-,25?/m0/s1. The molecule has 1 fully saturated rings. The molecule has 1 amide bonds. The van der Waals surface area contributed by atoms with Gasteiger partial charge in [-0.2, -0.15) is 0 Å². The lowest BCUT2D eigenvalue weighted by atomic mass is 9.74. The number of carboxylic acid groups (broad SMARTS) is 1. The van der Waals surface area contributed by atoms with Crippen molar-refractivity contribution in [2.24, 2.45) is 5.92 Å². The monoisotopic (exact) mass is 444 g/mol. The minimum atomic E-state index is -1.12. The highest BCUT2D eigenvalue weighted by Gasteiger charge is 2.33. The predicted octanol–water partition coefficient (Wildman–Crippen LogP) is 3.53. The molecule has 0 bridgehead atoms. The smallest absolute Gasteiger partial charge is 0.339 e. The summed E-state index contributed by atoms with van der Waals surface area (Å²) in [5.41, 5.74) is 1.12. The van der Waals surface area contributed by atoms with Crippen LogP contribution in [-0.2, 0) is 19.8 Å². The van der Waals surface area contributed by atoms with Gasteiger partial charge >= 0.3 is 11.9 Å². The molecule has 7 nitrogen and oxygen atoms in total. The number of amides is 1. The third kappa shape index (κ3) is 6.66. The molecule has 2 N–H and O–H groups in total. The van der Waals surface area contributed by atoms with E-state index in [4.69, 9.17) is 4.74 Å². The number of likely N-dealkylation sites (N-methyl/N-ethyl adjacent to an activating group) is 1. The van der Waals surface area contributed by atoms with Gasteiger partial charge in [-0.15, -0.1) is 0 Å². The van der Waals surface area contributed by atoms with Crippen LogP contribution in [0.1, 0.15) is 58.4 Å². The van der Waals surface area contributed by atoms with Crippen LogP contribution in [0.25, 0.3) is 0 Å². The van der Waals surface area contributed by atoms with Crippen LogP contribution in [0.5, 0.6) is 5.75 Å². The Labute approximate surface area is 190 Å². The SMILES string of the molecule is C=C(CC(=O)N[C@H](C(=O)O)C(C)C)C(=O)Oc1cccc(C2(CC)CCCCN(C)C2)c1. The Morgan fingerprint density at radius 1 is 1.28 bits per heavy atom. The maximum Gasteiger partial charge on any atom is 0.339 e. The average molecular weight is 445 g/mol. The summed E-state index contributed by atoms with van der Waals surface area (Å²) in [4.78, 5) is 38.3. The third-order valence-corrected chi connectivity index (χ3v) is 6.26. The van der Waals surface area contributed by atoms with E-state index in [1.54, 1.807) is 19.9 Å². The zero-order valence-corrected chi connectivity index (χ0v) is 19.6. The highest BCUT2D eigenvalue weighted by atomic mass is 16.5. The number of carbonyl (C=O) groups is 3. The van der Waals surface area contributed by atoms with Gasteiger partial charge in [-0.25, -0.2) is 9.59 Å². The summed E-state index contributed by atoms with van der Waals surface area (Å²) in [5.74, 6) is -2.26. The van der Waals surface area contributed by atoms with Crippen LogP contribution in [0.2, 0.25) is 0 Å². The highest BCUT2D eigenvalue weighted by Crippen LogP contribution is 2.37. The number of ether oxygens (including phenoxy) is 1. The molecule has 1 saturated heterocycles. The second-order valence-corrected chi connectivity index (χ2v) is 9.15. The van der Waals surface area contributed by atoms with Crippen LogP contribution < -0.4 is 10.1 Å². The van der Waals surface area contributed by atoms with Gasteiger partial charge in [0.15, 0.2) is 0 Å². The van der Waals surface area contributed by atoms with Gasteiger partial charge in [0, 0.05) is 17.5 Å². The van der Waals surface area contributed by atoms with Crippen LogP contribution in [0.4, 0.5) is 0 Å². The Bertz CT molecular complexity index is 850. The minimum Gasteiger partial charge on any atom is -0.480 e. The van der Waals surface area contributed by atoms with E-state index < -0.39 is 23.9 Å². The molecule has 0 radical (unpaired) electrons. The van der Waals surface area contributed by atoms with Crippen LogP contribution in [-0.4, -0.2) is 54.0 Å². The van der Waals surface area contributed by atoms with Crippen LogP contribution >= 0.6 is 0 Å². The second kappa shape index (κ2) is 11.3. The Morgan fingerprint density at radius 3 is 2.62 bits per heavy atom. The Hall–Kier alpha value is -2.67. The number of hydrogen-bond acceptors (Lipinski definition) is 5. The van der Waals surface area contributed by atoms with Crippen LogP contribution in [0.15, 0.2) is 36.4 Å². The van der Waals surface area contributed by atoms with Gasteiger partial charge in [-0.3, -0.25) is 4.79 Å². The van der Waals surface area contributed by atoms with Crippen molar-refractivity contribution >= 4 is 17.8 Å². The first-order valence-corrected chi connectivity index (χ1v) is 11.3. The van der Waals surface area contributed by atoms with Gasteiger partial charge in [-0.05, 0) is 56.5 Å². The summed E-state index contributed by atoms with van der Waals surface area (Å²) in [5, 5.41) is 11.6. The van der Waals surface area contributed by atoms with E-state index >= 15 is 0 Å². The maximum atomic E-state index is 12.5. The van der Waals surface area contributed by atoms with Gasteiger partial charge in [0.2, 0.25) is 5.91 Å². The van der Waals surface area contributed by atoms with E-state index in [9.17, 15) is 19.5 Å². The fraction of sp³-hybridized carbons (Fsp3) is 0.560. The molecule has 7 heteroatoms.